The molecule has 0 atom stereocenters. The Balaban J connectivity index is 1.80. The fourth-order valence-corrected chi connectivity index (χ4v) is 3.78. The van der Waals surface area contributed by atoms with Gasteiger partial charge in [-0.25, -0.2) is 4.99 Å². The molecule has 0 radical (unpaired) electrons. The van der Waals surface area contributed by atoms with E-state index in [1.165, 1.54) is 16.7 Å². The Bertz CT molecular complexity index is 708. The first-order valence-corrected chi connectivity index (χ1v) is 9.26. The molecule has 1 aromatic carbocycles. The number of aliphatic imine (C=N–C) groups is 2. The van der Waals surface area contributed by atoms with E-state index in [9.17, 15) is 0 Å². The van der Waals surface area contributed by atoms with Crippen LogP contribution in [0.3, 0.4) is 0 Å². The zero-order valence-electron chi connectivity index (χ0n) is 14.5. The predicted octanol–water partition coefficient (Wildman–Crippen LogP) is 3.25. The van der Waals surface area contributed by atoms with E-state index in [1.807, 2.05) is 0 Å². The van der Waals surface area contributed by atoms with Gasteiger partial charge < -0.3 is 10.2 Å². The lowest BCUT2D eigenvalue weighted by molar-refractivity contribution is 0.357. The molecule has 3 heterocycles. The third-order valence-electron chi connectivity index (χ3n) is 5.23. The van der Waals surface area contributed by atoms with Crippen molar-refractivity contribution < 1.29 is 0 Å². The quantitative estimate of drug-likeness (QED) is 0.862. The lowest BCUT2D eigenvalue weighted by Crippen LogP contribution is -2.47. The molecule has 0 spiro atoms. The molecule has 4 nitrogen and oxygen atoms in total. The summed E-state index contributed by atoms with van der Waals surface area (Å²) >= 11 is 0. The Morgan fingerprint density at radius 1 is 1.12 bits per heavy atom. The number of fused-ring (bicyclic) bond motifs is 1. The Hall–Kier alpha value is -1.94. The molecule has 24 heavy (non-hydrogen) atoms. The van der Waals surface area contributed by atoms with Crippen LogP contribution in [0, 0.1) is 0 Å². The zero-order chi connectivity index (χ0) is 16.4. The van der Waals surface area contributed by atoms with Crippen molar-refractivity contribution >= 4 is 17.7 Å². The summed E-state index contributed by atoms with van der Waals surface area (Å²) < 4.78 is 0. The Morgan fingerprint density at radius 2 is 2.00 bits per heavy atom. The number of aryl methyl sites for hydroxylation is 2. The van der Waals surface area contributed by atoms with Gasteiger partial charge in [0.25, 0.3) is 0 Å². The van der Waals surface area contributed by atoms with Gasteiger partial charge in [-0.15, -0.1) is 0 Å². The average molecular weight is 322 g/mol. The second kappa shape index (κ2) is 6.89. The summed E-state index contributed by atoms with van der Waals surface area (Å²) in [5.74, 6) is 1.09. The molecule has 1 saturated heterocycles. The van der Waals surface area contributed by atoms with Crippen LogP contribution in [0.5, 0.6) is 0 Å². The molecular weight excluding hydrogens is 296 g/mol. The fraction of sp³-hybridized carbons (Fsp3) is 0.500. The maximum absolute atomic E-state index is 5.13. The average Bonchev–Trinajstić information content (AvgIpc) is 2.64. The van der Waals surface area contributed by atoms with Crippen LogP contribution >= 0.6 is 0 Å². The van der Waals surface area contributed by atoms with E-state index < -0.39 is 0 Å². The van der Waals surface area contributed by atoms with Crippen molar-refractivity contribution in [3.63, 3.8) is 0 Å². The molecule has 1 fully saturated rings. The Labute approximate surface area is 144 Å². The highest BCUT2D eigenvalue weighted by atomic mass is 15.2. The van der Waals surface area contributed by atoms with Gasteiger partial charge >= 0.3 is 0 Å². The molecule has 1 aromatic rings. The van der Waals surface area contributed by atoms with E-state index in [0.29, 0.717) is 0 Å². The molecule has 0 aliphatic carbocycles. The molecule has 4 rings (SSSR count). The van der Waals surface area contributed by atoms with Gasteiger partial charge in [-0.1, -0.05) is 19.1 Å². The van der Waals surface area contributed by atoms with Crippen LogP contribution in [0.1, 0.15) is 37.3 Å². The summed E-state index contributed by atoms with van der Waals surface area (Å²) in [6.07, 6.45) is 7.54. The van der Waals surface area contributed by atoms with Gasteiger partial charge in [0.1, 0.15) is 5.70 Å². The summed E-state index contributed by atoms with van der Waals surface area (Å²) in [7, 11) is 0. The molecule has 126 valence electrons. The van der Waals surface area contributed by atoms with Crippen LogP contribution in [0.15, 0.2) is 39.5 Å². The first kappa shape index (κ1) is 15.6. The molecule has 0 unspecified atom stereocenters. The lowest BCUT2D eigenvalue weighted by atomic mass is 9.94. The van der Waals surface area contributed by atoms with E-state index in [1.54, 1.807) is 0 Å². The van der Waals surface area contributed by atoms with Crippen molar-refractivity contribution in [2.24, 2.45) is 9.98 Å². The van der Waals surface area contributed by atoms with E-state index >= 15 is 0 Å². The van der Waals surface area contributed by atoms with Gasteiger partial charge in [-0.2, -0.15) is 0 Å². The van der Waals surface area contributed by atoms with Gasteiger partial charge in [0, 0.05) is 32.4 Å². The second-order valence-electron chi connectivity index (χ2n) is 6.79. The van der Waals surface area contributed by atoms with E-state index in [-0.39, 0.29) is 0 Å². The van der Waals surface area contributed by atoms with Crippen LogP contribution in [-0.4, -0.2) is 43.1 Å². The molecule has 1 N–H and O–H groups in total. The van der Waals surface area contributed by atoms with Crippen molar-refractivity contribution in [2.75, 3.05) is 26.2 Å². The highest BCUT2D eigenvalue weighted by Crippen LogP contribution is 2.32. The number of allylic oxidation sites excluding steroid dienone is 1. The number of piperazine rings is 1. The van der Waals surface area contributed by atoms with Gasteiger partial charge in [-0.05, 0) is 54.9 Å². The first-order valence-electron chi connectivity index (χ1n) is 9.26. The summed E-state index contributed by atoms with van der Waals surface area (Å²) in [5, 5.41) is 3.44. The lowest BCUT2D eigenvalue weighted by Gasteiger charge is -2.33. The zero-order valence-corrected chi connectivity index (χ0v) is 14.5. The number of hydrogen-bond donors (Lipinski definition) is 1. The fourth-order valence-electron chi connectivity index (χ4n) is 3.78. The first-order chi connectivity index (χ1) is 11.8. The minimum absolute atomic E-state index is 1.01. The van der Waals surface area contributed by atoms with Crippen molar-refractivity contribution in [1.82, 2.24) is 10.2 Å². The third-order valence-corrected chi connectivity index (χ3v) is 5.23. The maximum Gasteiger partial charge on any atom is 0.155 e. The summed E-state index contributed by atoms with van der Waals surface area (Å²) in [6.45, 7) is 6.28. The number of amidine groups is 1. The number of benzene rings is 1. The van der Waals surface area contributed by atoms with Crippen molar-refractivity contribution in [2.45, 2.75) is 39.0 Å². The number of rotatable bonds is 1. The van der Waals surface area contributed by atoms with Crippen molar-refractivity contribution in [3.05, 3.63) is 40.6 Å². The predicted molar refractivity (Wildman–Crippen MR) is 100 cm³/mol. The highest BCUT2D eigenvalue weighted by Gasteiger charge is 2.24. The SMILES string of the molecule is CCc1ccc2c(c1)CCC1=C(N=CCC1)C(N1CCNCC1)=N2. The largest absolute Gasteiger partial charge is 0.352 e. The standard InChI is InChI=1S/C20H26N4/c1-2-15-5-8-18-17(14-15)7-6-16-4-3-9-22-19(16)20(23-18)24-12-10-21-11-13-24/h5,8-9,14,21H,2-4,6-7,10-13H2,1H3. The molecule has 0 bridgehead atoms. The second-order valence-corrected chi connectivity index (χ2v) is 6.79. The molecule has 0 aromatic heterocycles. The summed E-state index contributed by atoms with van der Waals surface area (Å²) in [5.41, 5.74) is 6.57. The maximum atomic E-state index is 5.13. The Kier molecular flexibility index (Phi) is 4.48. The smallest absolute Gasteiger partial charge is 0.155 e. The molecule has 4 heteroatoms. The minimum atomic E-state index is 1.01. The van der Waals surface area contributed by atoms with Gasteiger partial charge in [0.2, 0.25) is 0 Å². The summed E-state index contributed by atoms with van der Waals surface area (Å²) in [6, 6.07) is 6.78. The minimum Gasteiger partial charge on any atom is -0.352 e. The molecule has 3 aliphatic heterocycles. The molecule has 3 aliphatic rings. The number of hydrogen-bond acceptors (Lipinski definition) is 4. The van der Waals surface area contributed by atoms with Crippen LogP contribution < -0.4 is 5.32 Å². The molecular formula is C20H26N4. The number of nitrogens with one attached hydrogen (secondary N) is 1. The Morgan fingerprint density at radius 3 is 2.83 bits per heavy atom. The highest BCUT2D eigenvalue weighted by molar-refractivity contribution is 6.02. The monoisotopic (exact) mass is 322 g/mol. The van der Waals surface area contributed by atoms with Crippen LogP contribution in [-0.2, 0) is 12.8 Å². The van der Waals surface area contributed by atoms with Gasteiger partial charge in [0.05, 0.1) is 5.69 Å². The molecule has 0 amide bonds. The van der Waals surface area contributed by atoms with Gasteiger partial charge in [-0.3, -0.25) is 4.99 Å². The van der Waals surface area contributed by atoms with Crippen LogP contribution in [0.4, 0.5) is 5.69 Å². The third kappa shape index (κ3) is 3.03. The van der Waals surface area contributed by atoms with E-state index in [2.05, 4.69) is 41.6 Å². The van der Waals surface area contributed by atoms with Crippen LogP contribution in [0.25, 0.3) is 0 Å². The topological polar surface area (TPSA) is 40.0 Å². The summed E-state index contributed by atoms with van der Waals surface area (Å²) in [4.78, 5) is 12.3. The number of nitrogens with zero attached hydrogens (tertiary/aromatic N) is 3. The van der Waals surface area contributed by atoms with Crippen molar-refractivity contribution in [1.29, 1.82) is 0 Å². The van der Waals surface area contributed by atoms with Gasteiger partial charge in [0.15, 0.2) is 5.84 Å². The van der Waals surface area contributed by atoms with Crippen LogP contribution in [0.2, 0.25) is 0 Å². The van der Waals surface area contributed by atoms with E-state index in [0.717, 1.165) is 75.5 Å². The van der Waals surface area contributed by atoms with E-state index in [4.69, 9.17) is 9.98 Å². The molecule has 0 saturated carbocycles. The normalized spacial score (nSPS) is 20.9. The van der Waals surface area contributed by atoms with Crippen molar-refractivity contribution in [3.8, 4) is 0 Å².